The number of amides is 1. The van der Waals surface area contributed by atoms with Crippen molar-refractivity contribution in [2.24, 2.45) is 0 Å². The highest BCUT2D eigenvalue weighted by Gasteiger charge is 1.74. The Morgan fingerprint density at radius 1 is 1.30 bits per heavy atom. The second kappa shape index (κ2) is 11.8. The predicted octanol–water partition coefficient (Wildman–Crippen LogP) is 1.27. The third kappa shape index (κ3) is 24.5. The Bertz CT molecular complexity index is 64.6. The molecule has 0 N–H and O–H groups in total. The van der Waals surface area contributed by atoms with Crippen LogP contribution in [0.25, 0.3) is 0 Å². The van der Waals surface area contributed by atoms with Gasteiger partial charge in [-0.15, -0.1) is 10.6 Å². The number of rotatable bonds is 3. The van der Waals surface area contributed by atoms with E-state index >= 15 is 0 Å². The topological polar surface area (TPSA) is 20.3 Å². The van der Waals surface area contributed by atoms with Crippen LogP contribution in [0.4, 0.5) is 0 Å². The smallest absolute Gasteiger partial charge is 0.209 e. The number of nitrogens with zero attached hydrogens (tertiary/aromatic N) is 1. The largest absolute Gasteiger partial charge is 0.351 e. The van der Waals surface area contributed by atoms with Gasteiger partial charge in [0.2, 0.25) is 6.41 Å². The van der Waals surface area contributed by atoms with Gasteiger partial charge in [0.25, 0.3) is 0 Å². The third-order valence-electron chi connectivity index (χ3n) is 0.788. The van der Waals surface area contributed by atoms with Gasteiger partial charge in [0.15, 0.2) is 15.2 Å². The van der Waals surface area contributed by atoms with Gasteiger partial charge in [-0.3, -0.25) is 4.79 Å². The van der Waals surface area contributed by atoms with Crippen LogP contribution in [0.15, 0.2) is 0 Å². The maximum atomic E-state index is 9.43. The summed E-state index contributed by atoms with van der Waals surface area (Å²) in [7, 11) is 3.38. The molecule has 59 valence electrons. The second-order valence-corrected chi connectivity index (χ2v) is 4.38. The monoisotopic (exact) mass is 158 g/mol. The third-order valence-corrected chi connectivity index (χ3v) is 1.94. The minimum Gasteiger partial charge on any atom is -0.351 e. The lowest BCUT2D eigenvalue weighted by molar-refractivity contribution is -0.115. The molecule has 0 saturated carbocycles. The van der Waals surface area contributed by atoms with Gasteiger partial charge in [0, 0.05) is 14.1 Å². The molecule has 0 bridgehead atoms. The van der Waals surface area contributed by atoms with Gasteiger partial charge >= 0.3 is 0 Å². The Hall–Kier alpha value is 0.00247. The molecule has 0 heterocycles. The van der Waals surface area contributed by atoms with Crippen LogP contribution in [-0.4, -0.2) is 40.6 Å². The lowest BCUT2D eigenvalue weighted by atomic mass is 10.9. The fourth-order valence-electron chi connectivity index (χ4n) is 0.289. The van der Waals surface area contributed by atoms with E-state index in [1.807, 2.05) is 0 Å². The van der Waals surface area contributed by atoms with Crippen molar-refractivity contribution < 1.29 is 4.79 Å². The average Bonchev–Trinajstić information content (AvgIpc) is 1.91. The van der Waals surface area contributed by atoms with Gasteiger partial charge in [-0.25, -0.2) is 0 Å². The highest BCUT2D eigenvalue weighted by atomic mass is 27.1. The Morgan fingerprint density at radius 2 is 1.60 bits per heavy atom. The predicted molar refractivity (Wildman–Crippen MR) is 46.5 cm³/mol. The summed E-state index contributed by atoms with van der Waals surface area (Å²) in [6, 6.07) is 0. The zero-order valence-electron chi connectivity index (χ0n) is 7.42. The molecule has 0 aliphatic rings. The summed E-state index contributed by atoms with van der Waals surface area (Å²) in [5.74, 6) is 0. The fraction of sp³-hybridized carbons (Fsp3) is 0.857. The molecule has 0 spiro atoms. The zero-order chi connectivity index (χ0) is 8.41. The molecule has 2 nitrogen and oxygen atoms in total. The molecule has 10 heavy (non-hydrogen) atoms. The van der Waals surface area contributed by atoms with Gasteiger partial charge in [-0.05, 0) is 0 Å². The SMILES string of the molecule is CN(C)C=O.C[CH2][Al][CH2]C. The molecule has 0 saturated heterocycles. The first-order valence-electron chi connectivity index (χ1n) is 3.62. The molecule has 0 unspecified atom stereocenters. The maximum Gasteiger partial charge on any atom is 0.209 e. The average molecular weight is 158 g/mol. The van der Waals surface area contributed by atoms with E-state index in [1.54, 1.807) is 14.1 Å². The van der Waals surface area contributed by atoms with E-state index < -0.39 is 0 Å². The van der Waals surface area contributed by atoms with Crippen LogP contribution >= 0.6 is 0 Å². The van der Waals surface area contributed by atoms with Crippen LogP contribution in [0.1, 0.15) is 13.8 Å². The first-order chi connectivity index (χ1) is 4.68. The molecular weight excluding hydrogens is 141 g/mol. The number of carbonyl (C=O) groups excluding carboxylic acids is 1. The van der Waals surface area contributed by atoms with Crippen molar-refractivity contribution in [3.63, 3.8) is 0 Å². The maximum absolute atomic E-state index is 9.43. The quantitative estimate of drug-likeness (QED) is 0.447. The molecule has 1 amide bonds. The van der Waals surface area contributed by atoms with E-state index in [2.05, 4.69) is 13.8 Å². The molecule has 0 aromatic carbocycles. The number of carbonyl (C=O) groups is 1. The van der Waals surface area contributed by atoms with Crippen LogP contribution in [0.5, 0.6) is 0 Å². The molecule has 0 atom stereocenters. The Kier molecular flexibility index (Phi) is 14.9. The Labute approximate surface area is 70.3 Å². The summed E-state index contributed by atoms with van der Waals surface area (Å²) in [6.07, 6.45) is 0.750. The zero-order valence-corrected chi connectivity index (χ0v) is 8.58. The van der Waals surface area contributed by atoms with Crippen molar-refractivity contribution in [1.29, 1.82) is 0 Å². The molecule has 1 radical (unpaired) electrons. The van der Waals surface area contributed by atoms with Gasteiger partial charge < -0.3 is 4.90 Å². The van der Waals surface area contributed by atoms with Gasteiger partial charge in [0.05, 0.1) is 0 Å². The highest BCUT2D eigenvalue weighted by Crippen LogP contribution is 1.77. The second-order valence-electron chi connectivity index (χ2n) is 2.17. The Balaban J connectivity index is 0. The van der Waals surface area contributed by atoms with Gasteiger partial charge in [-0.2, -0.15) is 0 Å². The van der Waals surface area contributed by atoms with Crippen LogP contribution in [0.3, 0.4) is 0 Å². The van der Waals surface area contributed by atoms with Gasteiger partial charge in [-0.1, -0.05) is 13.8 Å². The van der Waals surface area contributed by atoms with E-state index in [9.17, 15) is 4.79 Å². The van der Waals surface area contributed by atoms with Crippen LogP contribution in [0.2, 0.25) is 10.6 Å². The summed E-state index contributed by atoms with van der Waals surface area (Å²) >= 11 is 0.815. The minimum atomic E-state index is 0.750. The van der Waals surface area contributed by atoms with E-state index in [0.29, 0.717) is 0 Å². The van der Waals surface area contributed by atoms with E-state index in [0.717, 1.165) is 21.6 Å². The molecule has 0 aromatic heterocycles. The molecule has 0 aliphatic carbocycles. The first kappa shape index (κ1) is 12.7. The molecular formula is C7H17AlNO. The summed E-state index contributed by atoms with van der Waals surface area (Å²) in [6.45, 7) is 4.50. The highest BCUT2D eigenvalue weighted by molar-refractivity contribution is 6.34. The lowest BCUT2D eigenvalue weighted by Crippen LogP contribution is -2.06. The summed E-state index contributed by atoms with van der Waals surface area (Å²) in [5.41, 5.74) is 0. The van der Waals surface area contributed by atoms with E-state index in [1.165, 1.54) is 15.5 Å². The molecule has 0 fully saturated rings. The number of hydrogen-bond acceptors (Lipinski definition) is 1. The first-order valence-corrected chi connectivity index (χ1v) is 5.25. The summed E-state index contributed by atoms with van der Waals surface area (Å²) < 4.78 is 0. The van der Waals surface area contributed by atoms with Crippen molar-refractivity contribution in [3.05, 3.63) is 0 Å². The minimum absolute atomic E-state index is 0.750. The summed E-state index contributed by atoms with van der Waals surface area (Å²) in [5, 5.41) is 2.85. The standard InChI is InChI=1S/C3H7NO.2C2H5.Al/c1-4(2)3-5;2*1-2;/h3H,1-2H3;2*1H2,2H3;. The number of hydrogen-bond donors (Lipinski definition) is 0. The molecule has 3 heteroatoms. The Morgan fingerprint density at radius 3 is 1.60 bits per heavy atom. The van der Waals surface area contributed by atoms with Crippen molar-refractivity contribution in [3.8, 4) is 0 Å². The lowest BCUT2D eigenvalue weighted by Gasteiger charge is -1.93. The van der Waals surface area contributed by atoms with E-state index in [-0.39, 0.29) is 0 Å². The van der Waals surface area contributed by atoms with Crippen molar-refractivity contribution >= 4 is 21.6 Å². The fourth-order valence-corrected chi connectivity index (χ4v) is 0.866. The van der Waals surface area contributed by atoms with Crippen LogP contribution < -0.4 is 0 Å². The normalized spacial score (nSPS) is 7.20. The van der Waals surface area contributed by atoms with Crippen molar-refractivity contribution in [1.82, 2.24) is 4.90 Å². The van der Waals surface area contributed by atoms with Crippen molar-refractivity contribution in [2.75, 3.05) is 14.1 Å². The molecule has 0 aromatic rings. The van der Waals surface area contributed by atoms with E-state index in [4.69, 9.17) is 0 Å². The summed E-state index contributed by atoms with van der Waals surface area (Å²) in [4.78, 5) is 10.9. The van der Waals surface area contributed by atoms with Gasteiger partial charge in [0.1, 0.15) is 0 Å². The van der Waals surface area contributed by atoms with Crippen LogP contribution in [-0.2, 0) is 4.79 Å². The molecule has 0 rings (SSSR count). The molecule has 0 aliphatic heterocycles. The van der Waals surface area contributed by atoms with Crippen LogP contribution in [0, 0.1) is 0 Å². The van der Waals surface area contributed by atoms with Crippen molar-refractivity contribution in [2.45, 2.75) is 24.4 Å².